The summed E-state index contributed by atoms with van der Waals surface area (Å²) in [6.07, 6.45) is -1.02. The molecule has 36 heavy (non-hydrogen) atoms. The molecule has 0 bridgehead atoms. The molecule has 0 fully saturated rings. The van der Waals surface area contributed by atoms with E-state index in [2.05, 4.69) is 22.1 Å². The molecular weight excluding hydrogens is 642 g/mol. The van der Waals surface area contributed by atoms with Gasteiger partial charge in [-0.05, 0) is 34.8 Å². The number of rotatable bonds is 1. The van der Waals surface area contributed by atoms with Crippen molar-refractivity contribution < 1.29 is 37.7 Å². The van der Waals surface area contributed by atoms with Crippen LogP contribution in [0.2, 0.25) is 0 Å². The van der Waals surface area contributed by atoms with Gasteiger partial charge in [0.05, 0.1) is 0 Å². The number of benzene rings is 4. The van der Waals surface area contributed by atoms with Gasteiger partial charge in [0.15, 0.2) is 0 Å². The summed E-state index contributed by atoms with van der Waals surface area (Å²) in [5, 5.41) is 3.43. The van der Waals surface area contributed by atoms with Gasteiger partial charge in [-0.1, -0.05) is 29.7 Å². The fourth-order valence-corrected chi connectivity index (χ4v) is 4.32. The molecule has 0 aliphatic rings. The molecule has 7 heteroatoms. The number of aromatic nitrogens is 2. The average Bonchev–Trinajstić information content (AvgIpc) is 3.28. The number of hydrogen-bond acceptors (Lipinski definition) is 3. The summed E-state index contributed by atoms with van der Waals surface area (Å²) in [5.41, 5.74) is 3.23. The SMILES string of the molecule is FC(F)(F)c1c[c-]c2c(c1)c1cccc3oc4ccnc2c4c31.[Ir].[c-]1ccccc1-c1ccccn1. The Bertz CT molecular complexity index is 1740. The number of furan rings is 1. The molecule has 0 spiro atoms. The maximum Gasteiger partial charge on any atom is 0.381 e. The van der Waals surface area contributed by atoms with E-state index in [1.165, 1.54) is 0 Å². The van der Waals surface area contributed by atoms with Crippen molar-refractivity contribution >= 4 is 43.6 Å². The quantitative estimate of drug-likeness (QED) is 0.133. The van der Waals surface area contributed by atoms with Crippen LogP contribution >= 0.6 is 0 Å². The van der Waals surface area contributed by atoms with Crippen LogP contribution in [0, 0.1) is 12.1 Å². The molecule has 4 aromatic carbocycles. The van der Waals surface area contributed by atoms with Crippen LogP contribution in [-0.4, -0.2) is 9.97 Å². The second kappa shape index (κ2) is 9.34. The average molecular weight is 657 g/mol. The van der Waals surface area contributed by atoms with Crippen molar-refractivity contribution in [2.75, 3.05) is 0 Å². The van der Waals surface area contributed by atoms with Gasteiger partial charge < -0.3 is 14.4 Å². The van der Waals surface area contributed by atoms with Crippen molar-refractivity contribution in [3.63, 3.8) is 0 Å². The molecule has 0 saturated heterocycles. The van der Waals surface area contributed by atoms with Crippen molar-refractivity contribution in [2.24, 2.45) is 0 Å². The Morgan fingerprint density at radius 2 is 1.58 bits per heavy atom. The van der Waals surface area contributed by atoms with E-state index in [-0.39, 0.29) is 20.1 Å². The first kappa shape index (κ1) is 23.9. The number of pyridine rings is 2. The van der Waals surface area contributed by atoms with Gasteiger partial charge in [-0.15, -0.1) is 59.5 Å². The molecular formula is C29H15F3IrN2O-2. The van der Waals surface area contributed by atoms with Gasteiger partial charge in [0, 0.05) is 48.8 Å². The van der Waals surface area contributed by atoms with Crippen molar-refractivity contribution in [3.8, 4) is 11.3 Å². The second-order valence-electron chi connectivity index (χ2n) is 7.98. The zero-order valence-corrected chi connectivity index (χ0v) is 20.8. The van der Waals surface area contributed by atoms with E-state index in [1.807, 2.05) is 48.5 Å². The maximum absolute atomic E-state index is 13.1. The molecule has 0 N–H and O–H groups in total. The van der Waals surface area contributed by atoms with Crippen LogP contribution in [0.25, 0.3) is 54.9 Å². The zero-order chi connectivity index (χ0) is 24.0. The largest absolute Gasteiger partial charge is 0.457 e. The van der Waals surface area contributed by atoms with Gasteiger partial charge in [-0.2, -0.15) is 13.2 Å². The van der Waals surface area contributed by atoms with E-state index in [4.69, 9.17) is 4.42 Å². The van der Waals surface area contributed by atoms with E-state index in [0.717, 1.165) is 39.5 Å². The van der Waals surface area contributed by atoms with E-state index in [0.29, 0.717) is 27.5 Å². The predicted octanol–water partition coefficient (Wildman–Crippen LogP) is 8.09. The second-order valence-corrected chi connectivity index (χ2v) is 7.98. The van der Waals surface area contributed by atoms with Crippen LogP contribution in [0.4, 0.5) is 13.2 Å². The first-order valence-corrected chi connectivity index (χ1v) is 10.8. The van der Waals surface area contributed by atoms with Crippen LogP contribution in [0.15, 0.2) is 95.7 Å². The van der Waals surface area contributed by atoms with Gasteiger partial charge in [-0.25, -0.2) is 0 Å². The molecule has 0 aliphatic carbocycles. The van der Waals surface area contributed by atoms with E-state index in [9.17, 15) is 13.2 Å². The molecule has 0 unspecified atom stereocenters. The van der Waals surface area contributed by atoms with Gasteiger partial charge in [0.2, 0.25) is 0 Å². The fourth-order valence-electron chi connectivity index (χ4n) is 4.32. The summed E-state index contributed by atoms with van der Waals surface area (Å²) in [7, 11) is 0. The third-order valence-electron chi connectivity index (χ3n) is 5.85. The molecule has 3 nitrogen and oxygen atoms in total. The van der Waals surface area contributed by atoms with Crippen LogP contribution in [0.5, 0.6) is 0 Å². The molecule has 0 aliphatic heterocycles. The zero-order valence-electron chi connectivity index (χ0n) is 18.4. The number of hydrogen-bond donors (Lipinski definition) is 0. The van der Waals surface area contributed by atoms with E-state index in [1.54, 1.807) is 30.6 Å². The van der Waals surface area contributed by atoms with Gasteiger partial charge >= 0.3 is 6.18 Å². The first-order chi connectivity index (χ1) is 17.0. The van der Waals surface area contributed by atoms with Crippen molar-refractivity contribution in [3.05, 3.63) is 109 Å². The number of halogens is 3. The Morgan fingerprint density at radius 1 is 0.750 bits per heavy atom. The number of fused-ring (bicyclic) bond motifs is 3. The third kappa shape index (κ3) is 4.10. The van der Waals surface area contributed by atoms with Gasteiger partial charge in [0.1, 0.15) is 11.2 Å². The molecule has 0 saturated carbocycles. The summed E-state index contributed by atoms with van der Waals surface area (Å²) in [6.45, 7) is 0. The molecule has 7 aromatic rings. The monoisotopic (exact) mass is 657 g/mol. The molecule has 3 heterocycles. The molecule has 0 amide bonds. The predicted molar refractivity (Wildman–Crippen MR) is 130 cm³/mol. The Balaban J connectivity index is 0.000000175. The van der Waals surface area contributed by atoms with E-state index >= 15 is 0 Å². The molecule has 179 valence electrons. The van der Waals surface area contributed by atoms with Crippen LogP contribution in [0.1, 0.15) is 5.56 Å². The summed E-state index contributed by atoms with van der Waals surface area (Å²) in [6, 6.07) is 28.9. The summed E-state index contributed by atoms with van der Waals surface area (Å²) in [4.78, 5) is 8.57. The third-order valence-corrected chi connectivity index (χ3v) is 5.85. The van der Waals surface area contributed by atoms with Gasteiger partial charge in [-0.3, -0.25) is 0 Å². The smallest absolute Gasteiger partial charge is 0.381 e. The number of alkyl halides is 3. The van der Waals surface area contributed by atoms with Crippen molar-refractivity contribution in [1.29, 1.82) is 0 Å². The first-order valence-electron chi connectivity index (χ1n) is 10.8. The standard InChI is InChI=1S/C18H7F3NO.C11H8N.Ir/c19-18(20,21)9-4-5-11-12(8-9)10-2-1-3-13-15(10)16-14(23-13)6-7-22-17(11)16;1-2-6-10(7-3-1)11-8-4-5-9-12-11;/h1-4,6-8H;1-6,8-9H;/q2*-1;. The Kier molecular flexibility index (Phi) is 6.20. The van der Waals surface area contributed by atoms with Gasteiger partial charge in [0.25, 0.3) is 0 Å². The molecule has 0 atom stereocenters. The maximum atomic E-state index is 13.1. The molecule has 3 aromatic heterocycles. The summed E-state index contributed by atoms with van der Waals surface area (Å²) >= 11 is 0. The van der Waals surface area contributed by atoms with Crippen LogP contribution < -0.4 is 0 Å². The van der Waals surface area contributed by atoms with E-state index < -0.39 is 11.7 Å². The normalized spacial score (nSPS) is 11.5. The Hall–Kier alpha value is -3.80. The summed E-state index contributed by atoms with van der Waals surface area (Å²) < 4.78 is 45.0. The van der Waals surface area contributed by atoms with Crippen LogP contribution in [-0.2, 0) is 26.3 Å². The van der Waals surface area contributed by atoms with Crippen LogP contribution in [0.3, 0.4) is 0 Å². The molecule has 7 rings (SSSR count). The minimum atomic E-state index is -4.41. The van der Waals surface area contributed by atoms with Crippen molar-refractivity contribution in [1.82, 2.24) is 9.97 Å². The Labute approximate surface area is 217 Å². The molecule has 1 radical (unpaired) electrons. The van der Waals surface area contributed by atoms with Crippen molar-refractivity contribution in [2.45, 2.75) is 6.18 Å². The minimum Gasteiger partial charge on any atom is -0.457 e. The minimum absolute atomic E-state index is 0. The topological polar surface area (TPSA) is 38.9 Å². The fraction of sp³-hybridized carbons (Fsp3) is 0.0345. The Morgan fingerprint density at radius 3 is 2.33 bits per heavy atom. The number of nitrogens with zero attached hydrogens (tertiary/aromatic N) is 2. The summed E-state index contributed by atoms with van der Waals surface area (Å²) in [5.74, 6) is 0.